The van der Waals surface area contributed by atoms with Gasteiger partial charge in [-0.15, -0.1) is 0 Å². The number of hydrogen-bond donors (Lipinski definition) is 1. The van der Waals surface area contributed by atoms with E-state index in [0.29, 0.717) is 23.2 Å². The van der Waals surface area contributed by atoms with E-state index in [4.69, 9.17) is 33.7 Å². The van der Waals surface area contributed by atoms with Crippen molar-refractivity contribution in [2.24, 2.45) is 11.1 Å². The molecule has 0 aromatic heterocycles. The van der Waals surface area contributed by atoms with Crippen LogP contribution in [0.1, 0.15) is 20.3 Å². The Balaban J connectivity index is 2.46. The molecule has 0 amide bonds. The summed E-state index contributed by atoms with van der Waals surface area (Å²) in [5.41, 5.74) is 5.74. The highest BCUT2D eigenvalue weighted by Crippen LogP contribution is 2.27. The highest BCUT2D eigenvalue weighted by atomic mass is 35.5. The molecule has 2 N–H and O–H groups in total. The van der Waals surface area contributed by atoms with Gasteiger partial charge < -0.3 is 10.5 Å². The Kier molecular flexibility index (Phi) is 4.90. The second-order valence-electron chi connectivity index (χ2n) is 4.54. The minimum atomic E-state index is 0.107. The standard InChI is InChI=1S/C12H17Cl2NO/c1-12(2,8-15)5-6-16-9-3-4-10(13)11(14)7-9/h3-4,7H,5-6,8,15H2,1-2H3. The first-order valence-electron chi connectivity index (χ1n) is 5.22. The third kappa shape index (κ3) is 4.20. The van der Waals surface area contributed by atoms with Crippen molar-refractivity contribution in [3.8, 4) is 5.75 Å². The summed E-state index contributed by atoms with van der Waals surface area (Å²) >= 11 is 11.7. The van der Waals surface area contributed by atoms with Gasteiger partial charge in [-0.1, -0.05) is 37.0 Å². The predicted octanol–water partition coefficient (Wildman–Crippen LogP) is 3.75. The van der Waals surface area contributed by atoms with Crippen LogP contribution >= 0.6 is 23.2 Å². The van der Waals surface area contributed by atoms with Crippen LogP contribution in [0.4, 0.5) is 0 Å². The van der Waals surface area contributed by atoms with Crippen molar-refractivity contribution in [1.82, 2.24) is 0 Å². The van der Waals surface area contributed by atoms with Gasteiger partial charge in [-0.3, -0.25) is 0 Å². The molecule has 90 valence electrons. The first-order chi connectivity index (χ1) is 7.44. The fourth-order valence-electron chi connectivity index (χ4n) is 1.11. The number of nitrogens with two attached hydrogens (primary N) is 1. The van der Waals surface area contributed by atoms with Crippen molar-refractivity contribution in [2.75, 3.05) is 13.2 Å². The van der Waals surface area contributed by atoms with Crippen molar-refractivity contribution in [3.05, 3.63) is 28.2 Å². The van der Waals surface area contributed by atoms with E-state index in [1.165, 1.54) is 0 Å². The molecular weight excluding hydrogens is 245 g/mol. The molecule has 0 bridgehead atoms. The summed E-state index contributed by atoms with van der Waals surface area (Å²) in [5.74, 6) is 0.738. The molecule has 0 saturated carbocycles. The lowest BCUT2D eigenvalue weighted by Crippen LogP contribution is -2.25. The van der Waals surface area contributed by atoms with Crippen LogP contribution < -0.4 is 10.5 Å². The quantitative estimate of drug-likeness (QED) is 0.877. The first-order valence-corrected chi connectivity index (χ1v) is 5.98. The van der Waals surface area contributed by atoms with Gasteiger partial charge in [-0.2, -0.15) is 0 Å². The van der Waals surface area contributed by atoms with Gasteiger partial charge in [0.25, 0.3) is 0 Å². The predicted molar refractivity (Wildman–Crippen MR) is 69.4 cm³/mol. The second kappa shape index (κ2) is 5.76. The largest absolute Gasteiger partial charge is 0.494 e. The molecule has 0 aliphatic heterocycles. The Morgan fingerprint density at radius 1 is 1.25 bits per heavy atom. The van der Waals surface area contributed by atoms with Crippen molar-refractivity contribution >= 4 is 23.2 Å². The zero-order chi connectivity index (χ0) is 12.2. The highest BCUT2D eigenvalue weighted by Gasteiger charge is 2.15. The van der Waals surface area contributed by atoms with Gasteiger partial charge in [0, 0.05) is 6.07 Å². The van der Waals surface area contributed by atoms with Crippen LogP contribution in [0.3, 0.4) is 0 Å². The number of halogens is 2. The molecule has 2 nitrogen and oxygen atoms in total. The van der Waals surface area contributed by atoms with Crippen LogP contribution in [-0.2, 0) is 0 Å². The smallest absolute Gasteiger partial charge is 0.120 e. The third-order valence-corrected chi connectivity index (χ3v) is 3.23. The summed E-state index contributed by atoms with van der Waals surface area (Å²) in [7, 11) is 0. The third-order valence-electron chi connectivity index (χ3n) is 2.49. The number of hydrogen-bond acceptors (Lipinski definition) is 2. The van der Waals surface area contributed by atoms with Gasteiger partial charge in [-0.05, 0) is 30.5 Å². The minimum absolute atomic E-state index is 0.107. The molecule has 0 spiro atoms. The maximum absolute atomic E-state index is 5.88. The average Bonchev–Trinajstić information content (AvgIpc) is 2.23. The lowest BCUT2D eigenvalue weighted by atomic mass is 9.90. The number of benzene rings is 1. The van der Waals surface area contributed by atoms with Crippen molar-refractivity contribution in [2.45, 2.75) is 20.3 Å². The molecule has 0 radical (unpaired) electrons. The topological polar surface area (TPSA) is 35.2 Å². The summed E-state index contributed by atoms with van der Waals surface area (Å²) in [6.45, 7) is 5.51. The summed E-state index contributed by atoms with van der Waals surface area (Å²) in [5, 5.41) is 1.05. The maximum Gasteiger partial charge on any atom is 0.120 e. The number of rotatable bonds is 5. The van der Waals surface area contributed by atoms with E-state index in [1.807, 2.05) is 6.07 Å². The van der Waals surface area contributed by atoms with E-state index in [1.54, 1.807) is 12.1 Å². The van der Waals surface area contributed by atoms with Crippen LogP contribution in [0, 0.1) is 5.41 Å². The second-order valence-corrected chi connectivity index (χ2v) is 5.36. The molecule has 0 fully saturated rings. The van der Waals surface area contributed by atoms with E-state index < -0.39 is 0 Å². The summed E-state index contributed by atoms with van der Waals surface area (Å²) in [6, 6.07) is 5.26. The van der Waals surface area contributed by atoms with Crippen LogP contribution in [-0.4, -0.2) is 13.2 Å². The highest BCUT2D eigenvalue weighted by molar-refractivity contribution is 6.42. The Hall–Kier alpha value is -0.440. The fraction of sp³-hybridized carbons (Fsp3) is 0.500. The molecule has 0 heterocycles. The summed E-state index contributed by atoms with van der Waals surface area (Å²) < 4.78 is 5.58. The molecule has 0 atom stereocenters. The molecule has 0 saturated heterocycles. The minimum Gasteiger partial charge on any atom is -0.494 e. The Morgan fingerprint density at radius 3 is 2.50 bits per heavy atom. The zero-order valence-electron chi connectivity index (χ0n) is 9.59. The van der Waals surface area contributed by atoms with Crippen LogP contribution in [0.5, 0.6) is 5.75 Å². The lowest BCUT2D eigenvalue weighted by Gasteiger charge is -2.22. The van der Waals surface area contributed by atoms with Crippen molar-refractivity contribution < 1.29 is 4.74 Å². The molecule has 16 heavy (non-hydrogen) atoms. The van der Waals surface area contributed by atoms with E-state index in [-0.39, 0.29) is 5.41 Å². The van der Waals surface area contributed by atoms with Crippen LogP contribution in [0.25, 0.3) is 0 Å². The van der Waals surface area contributed by atoms with E-state index in [0.717, 1.165) is 12.2 Å². The summed E-state index contributed by atoms with van der Waals surface area (Å²) in [4.78, 5) is 0. The average molecular weight is 262 g/mol. The van der Waals surface area contributed by atoms with Crippen molar-refractivity contribution in [1.29, 1.82) is 0 Å². The zero-order valence-corrected chi connectivity index (χ0v) is 11.1. The monoisotopic (exact) mass is 261 g/mol. The van der Waals surface area contributed by atoms with Crippen LogP contribution in [0.15, 0.2) is 18.2 Å². The van der Waals surface area contributed by atoms with E-state index in [2.05, 4.69) is 13.8 Å². The normalized spacial score (nSPS) is 11.6. The van der Waals surface area contributed by atoms with Gasteiger partial charge >= 0.3 is 0 Å². The molecule has 0 unspecified atom stereocenters. The van der Waals surface area contributed by atoms with E-state index in [9.17, 15) is 0 Å². The van der Waals surface area contributed by atoms with Gasteiger partial charge in [0.15, 0.2) is 0 Å². The SMILES string of the molecule is CC(C)(CN)CCOc1ccc(Cl)c(Cl)c1. The molecular formula is C12H17Cl2NO. The molecule has 4 heteroatoms. The van der Waals surface area contributed by atoms with Gasteiger partial charge in [0.05, 0.1) is 16.7 Å². The Bertz CT molecular complexity index is 353. The molecule has 1 rings (SSSR count). The first kappa shape index (κ1) is 13.6. The van der Waals surface area contributed by atoms with Gasteiger partial charge in [0.1, 0.15) is 5.75 Å². The molecule has 1 aromatic rings. The summed E-state index contributed by atoms with van der Waals surface area (Å²) in [6.07, 6.45) is 0.906. The molecule has 0 aliphatic carbocycles. The van der Waals surface area contributed by atoms with Gasteiger partial charge in [-0.25, -0.2) is 0 Å². The number of ether oxygens (including phenoxy) is 1. The molecule has 0 aliphatic rings. The Morgan fingerprint density at radius 2 is 1.94 bits per heavy atom. The lowest BCUT2D eigenvalue weighted by molar-refractivity contribution is 0.233. The van der Waals surface area contributed by atoms with E-state index >= 15 is 0 Å². The molecule has 1 aromatic carbocycles. The van der Waals surface area contributed by atoms with Crippen LogP contribution in [0.2, 0.25) is 10.0 Å². The van der Waals surface area contributed by atoms with Crippen molar-refractivity contribution in [3.63, 3.8) is 0 Å². The maximum atomic E-state index is 5.88. The fourth-order valence-corrected chi connectivity index (χ4v) is 1.40. The van der Waals surface area contributed by atoms with Gasteiger partial charge in [0.2, 0.25) is 0 Å². The Labute approximate surface area is 107 Å².